The van der Waals surface area contributed by atoms with Crippen LogP contribution in [0.15, 0.2) is 36.4 Å². The number of halogens is 2. The van der Waals surface area contributed by atoms with Crippen LogP contribution in [-0.4, -0.2) is 0 Å². The molecule has 0 nitrogen and oxygen atoms in total. The number of benzene rings is 2. The van der Waals surface area contributed by atoms with Crippen molar-refractivity contribution in [3.05, 3.63) is 70.3 Å². The van der Waals surface area contributed by atoms with E-state index in [9.17, 15) is 8.78 Å². The molecule has 1 atom stereocenters. The van der Waals surface area contributed by atoms with Gasteiger partial charge in [0.25, 0.3) is 0 Å². The quantitative estimate of drug-likeness (QED) is 0.561. The molecule has 1 saturated carbocycles. The molecular formula is C24H28F2. The fourth-order valence-corrected chi connectivity index (χ4v) is 4.99. The summed E-state index contributed by atoms with van der Waals surface area (Å²) in [5.74, 6) is 0.552. The van der Waals surface area contributed by atoms with Gasteiger partial charge >= 0.3 is 0 Å². The first-order valence-corrected chi connectivity index (χ1v) is 10.2. The van der Waals surface area contributed by atoms with E-state index in [1.54, 1.807) is 6.07 Å². The zero-order valence-electron chi connectivity index (χ0n) is 15.6. The second-order valence-corrected chi connectivity index (χ2v) is 8.23. The summed E-state index contributed by atoms with van der Waals surface area (Å²) in [5, 5.41) is 0. The molecule has 0 aromatic heterocycles. The largest absolute Gasteiger partial charge is 0.204 e. The van der Waals surface area contributed by atoms with Gasteiger partial charge in [-0.15, -0.1) is 0 Å². The summed E-state index contributed by atoms with van der Waals surface area (Å²) >= 11 is 0. The van der Waals surface area contributed by atoms with Crippen LogP contribution in [0.4, 0.5) is 8.78 Å². The highest BCUT2D eigenvalue weighted by molar-refractivity contribution is 5.36. The van der Waals surface area contributed by atoms with Gasteiger partial charge in [0.1, 0.15) is 0 Å². The van der Waals surface area contributed by atoms with Gasteiger partial charge in [0.15, 0.2) is 11.6 Å². The zero-order chi connectivity index (χ0) is 18.1. The number of aryl methyl sites for hydroxylation is 1. The molecule has 26 heavy (non-hydrogen) atoms. The topological polar surface area (TPSA) is 0 Å². The van der Waals surface area contributed by atoms with Crippen LogP contribution in [-0.2, 0) is 12.8 Å². The number of hydrogen-bond donors (Lipinski definition) is 0. The maximum absolute atomic E-state index is 14.2. The molecule has 4 rings (SSSR count). The van der Waals surface area contributed by atoms with Crippen molar-refractivity contribution < 1.29 is 8.78 Å². The van der Waals surface area contributed by atoms with Gasteiger partial charge in [0.2, 0.25) is 0 Å². The fourth-order valence-electron chi connectivity index (χ4n) is 4.99. The van der Waals surface area contributed by atoms with E-state index in [-0.39, 0.29) is 0 Å². The van der Waals surface area contributed by atoms with Gasteiger partial charge in [-0.3, -0.25) is 0 Å². The van der Waals surface area contributed by atoms with Crippen molar-refractivity contribution in [3.8, 4) is 0 Å². The standard InChI is InChI=1S/C24H28F2/c1-2-16-3-5-17(6-4-16)18-7-9-19(10-8-18)21-12-11-20-13-14-23(25)24(26)22(20)15-21/h7-10,13-14,16-17,21H,2-6,11-12,15H2,1H3. The van der Waals surface area contributed by atoms with E-state index < -0.39 is 11.6 Å². The van der Waals surface area contributed by atoms with Crippen molar-refractivity contribution in [2.45, 2.75) is 70.1 Å². The van der Waals surface area contributed by atoms with E-state index in [4.69, 9.17) is 0 Å². The van der Waals surface area contributed by atoms with Gasteiger partial charge < -0.3 is 0 Å². The van der Waals surface area contributed by atoms with Crippen LogP contribution in [0.2, 0.25) is 0 Å². The van der Waals surface area contributed by atoms with Crippen LogP contribution in [0.25, 0.3) is 0 Å². The summed E-state index contributed by atoms with van der Waals surface area (Å²) in [4.78, 5) is 0. The highest BCUT2D eigenvalue weighted by Gasteiger charge is 2.25. The average molecular weight is 354 g/mol. The third-order valence-corrected chi connectivity index (χ3v) is 6.81. The van der Waals surface area contributed by atoms with E-state index in [2.05, 4.69) is 31.2 Å². The van der Waals surface area contributed by atoms with Crippen LogP contribution in [0.5, 0.6) is 0 Å². The van der Waals surface area contributed by atoms with Gasteiger partial charge in [0.05, 0.1) is 0 Å². The minimum absolute atomic E-state index is 0.295. The van der Waals surface area contributed by atoms with Crippen molar-refractivity contribution in [2.24, 2.45) is 5.92 Å². The minimum atomic E-state index is -0.720. The maximum atomic E-state index is 14.2. The van der Waals surface area contributed by atoms with Gasteiger partial charge in [-0.25, -0.2) is 8.78 Å². The van der Waals surface area contributed by atoms with Crippen molar-refractivity contribution >= 4 is 0 Å². The normalized spacial score (nSPS) is 25.7. The fraction of sp³-hybridized carbons (Fsp3) is 0.500. The second-order valence-electron chi connectivity index (χ2n) is 8.23. The Balaban J connectivity index is 1.47. The first-order valence-electron chi connectivity index (χ1n) is 10.2. The van der Waals surface area contributed by atoms with Gasteiger partial charge in [0, 0.05) is 0 Å². The molecule has 0 heterocycles. The van der Waals surface area contributed by atoms with Crippen molar-refractivity contribution in [1.82, 2.24) is 0 Å². The Hall–Kier alpha value is -1.70. The Labute approximate surface area is 155 Å². The second kappa shape index (κ2) is 7.50. The Morgan fingerprint density at radius 3 is 2.12 bits per heavy atom. The lowest BCUT2D eigenvalue weighted by atomic mass is 9.76. The summed E-state index contributed by atoms with van der Waals surface area (Å²) in [6, 6.07) is 12.0. The van der Waals surface area contributed by atoms with Gasteiger partial charge in [-0.1, -0.05) is 43.7 Å². The molecule has 2 aromatic rings. The predicted octanol–water partition coefficient (Wildman–Crippen LogP) is 6.92. The predicted molar refractivity (Wildman–Crippen MR) is 103 cm³/mol. The lowest BCUT2D eigenvalue weighted by Gasteiger charge is -2.29. The average Bonchev–Trinajstić information content (AvgIpc) is 2.71. The molecule has 2 aromatic carbocycles. The van der Waals surface area contributed by atoms with Crippen LogP contribution in [0.3, 0.4) is 0 Å². The molecule has 2 aliphatic rings. The molecule has 2 heteroatoms. The van der Waals surface area contributed by atoms with Crippen LogP contribution in [0, 0.1) is 17.6 Å². The van der Waals surface area contributed by atoms with Gasteiger partial charge in [-0.05, 0) is 91.0 Å². The Kier molecular flexibility index (Phi) is 5.11. The Morgan fingerprint density at radius 2 is 1.46 bits per heavy atom. The minimum Gasteiger partial charge on any atom is -0.204 e. The Morgan fingerprint density at radius 1 is 0.808 bits per heavy atom. The lowest BCUT2D eigenvalue weighted by molar-refractivity contribution is 0.319. The van der Waals surface area contributed by atoms with E-state index in [0.717, 1.165) is 24.3 Å². The van der Waals surface area contributed by atoms with E-state index >= 15 is 0 Å². The Bertz CT molecular complexity index is 755. The van der Waals surface area contributed by atoms with Crippen molar-refractivity contribution in [2.75, 3.05) is 0 Å². The number of hydrogen-bond acceptors (Lipinski definition) is 0. The number of rotatable bonds is 3. The van der Waals surface area contributed by atoms with Gasteiger partial charge in [-0.2, -0.15) is 0 Å². The third kappa shape index (κ3) is 3.43. The molecule has 0 bridgehead atoms. The summed E-state index contributed by atoms with van der Waals surface area (Å²) in [6.07, 6.45) is 9.09. The molecular weight excluding hydrogens is 326 g/mol. The van der Waals surface area contributed by atoms with Crippen LogP contribution >= 0.6 is 0 Å². The molecule has 0 aliphatic heterocycles. The molecule has 0 amide bonds. The third-order valence-electron chi connectivity index (χ3n) is 6.81. The summed E-state index contributed by atoms with van der Waals surface area (Å²) < 4.78 is 27.7. The molecule has 138 valence electrons. The zero-order valence-corrected chi connectivity index (χ0v) is 15.6. The van der Waals surface area contributed by atoms with Crippen molar-refractivity contribution in [3.63, 3.8) is 0 Å². The smallest absolute Gasteiger partial charge is 0.162 e. The van der Waals surface area contributed by atoms with E-state index in [1.807, 2.05) is 0 Å². The van der Waals surface area contributed by atoms with Crippen LogP contribution < -0.4 is 0 Å². The molecule has 0 N–H and O–H groups in total. The SMILES string of the molecule is CCC1CCC(c2ccc(C3CCc4ccc(F)c(F)c4C3)cc2)CC1. The molecule has 1 fully saturated rings. The first-order chi connectivity index (χ1) is 12.7. The molecule has 2 aliphatic carbocycles. The monoisotopic (exact) mass is 354 g/mol. The highest BCUT2D eigenvalue weighted by Crippen LogP contribution is 2.39. The van der Waals surface area contributed by atoms with E-state index in [0.29, 0.717) is 23.8 Å². The summed E-state index contributed by atoms with van der Waals surface area (Å²) in [7, 11) is 0. The number of fused-ring (bicyclic) bond motifs is 1. The highest BCUT2D eigenvalue weighted by atomic mass is 19.2. The summed E-state index contributed by atoms with van der Waals surface area (Å²) in [6.45, 7) is 2.30. The molecule has 0 saturated heterocycles. The molecule has 0 radical (unpaired) electrons. The lowest BCUT2D eigenvalue weighted by Crippen LogP contribution is -2.16. The molecule has 1 unspecified atom stereocenters. The first kappa shape index (κ1) is 17.7. The molecule has 0 spiro atoms. The van der Waals surface area contributed by atoms with Crippen LogP contribution in [0.1, 0.15) is 79.5 Å². The summed E-state index contributed by atoms with van der Waals surface area (Å²) in [5.41, 5.74) is 4.29. The maximum Gasteiger partial charge on any atom is 0.162 e. The van der Waals surface area contributed by atoms with E-state index in [1.165, 1.54) is 49.3 Å². The van der Waals surface area contributed by atoms with Crippen molar-refractivity contribution in [1.29, 1.82) is 0 Å².